The second-order valence-corrected chi connectivity index (χ2v) is 8.45. The van der Waals surface area contributed by atoms with Gasteiger partial charge in [0.15, 0.2) is 11.0 Å². The predicted octanol–water partition coefficient (Wildman–Crippen LogP) is 5.54. The van der Waals surface area contributed by atoms with Gasteiger partial charge in [-0.3, -0.25) is 9.36 Å². The molecule has 0 fully saturated rings. The molecule has 33 heavy (non-hydrogen) atoms. The topological polar surface area (TPSA) is 69.0 Å². The number of methoxy groups -OCH3 is 1. The van der Waals surface area contributed by atoms with Gasteiger partial charge in [-0.25, -0.2) is 0 Å². The van der Waals surface area contributed by atoms with E-state index in [2.05, 4.69) is 22.4 Å². The summed E-state index contributed by atoms with van der Waals surface area (Å²) < 4.78 is 7.35. The van der Waals surface area contributed by atoms with Crippen LogP contribution in [-0.2, 0) is 11.2 Å². The molecular formula is C26H26N4O2S. The van der Waals surface area contributed by atoms with Crippen molar-refractivity contribution >= 4 is 23.4 Å². The highest BCUT2D eigenvalue weighted by Crippen LogP contribution is 2.30. The molecule has 3 aromatic carbocycles. The molecule has 0 saturated carbocycles. The molecule has 0 aliphatic heterocycles. The van der Waals surface area contributed by atoms with Crippen LogP contribution in [-0.4, -0.2) is 33.5 Å². The Balaban J connectivity index is 1.61. The van der Waals surface area contributed by atoms with Crippen molar-refractivity contribution in [2.24, 2.45) is 0 Å². The lowest BCUT2D eigenvalue weighted by molar-refractivity contribution is -0.113. The number of rotatable bonds is 8. The first-order valence-corrected chi connectivity index (χ1v) is 11.8. The van der Waals surface area contributed by atoms with E-state index in [1.807, 2.05) is 84.3 Å². The quantitative estimate of drug-likeness (QED) is 0.351. The lowest BCUT2D eigenvalue weighted by Crippen LogP contribution is -2.16. The first-order valence-electron chi connectivity index (χ1n) is 10.8. The number of nitrogens with one attached hydrogen (secondary N) is 1. The summed E-state index contributed by atoms with van der Waals surface area (Å²) in [4.78, 5) is 12.8. The van der Waals surface area contributed by atoms with E-state index in [9.17, 15) is 4.79 Å². The van der Waals surface area contributed by atoms with Gasteiger partial charge in [-0.1, -0.05) is 67.2 Å². The lowest BCUT2D eigenvalue weighted by atomic mass is 10.1. The maximum Gasteiger partial charge on any atom is 0.234 e. The van der Waals surface area contributed by atoms with Crippen LogP contribution in [0.2, 0.25) is 0 Å². The standard InChI is InChI=1S/C26H26N4O2S/c1-4-19-11-8-10-18(2)24(19)27-23(31)17-33-26-29-28-25(20-12-9-15-22(16-20)32-3)30(26)21-13-6-5-7-14-21/h5-16H,4,17H2,1-3H3,(H,27,31). The lowest BCUT2D eigenvalue weighted by Gasteiger charge is -2.13. The summed E-state index contributed by atoms with van der Waals surface area (Å²) in [6.07, 6.45) is 0.858. The predicted molar refractivity (Wildman–Crippen MR) is 133 cm³/mol. The first-order chi connectivity index (χ1) is 16.1. The Bertz CT molecular complexity index is 1250. The number of aryl methyl sites for hydroxylation is 2. The van der Waals surface area contributed by atoms with Gasteiger partial charge >= 0.3 is 0 Å². The molecule has 0 atom stereocenters. The zero-order chi connectivity index (χ0) is 23.2. The Labute approximate surface area is 198 Å². The van der Waals surface area contributed by atoms with Crippen LogP contribution in [0, 0.1) is 6.92 Å². The number of carbonyl (C=O) groups excluding carboxylic acids is 1. The van der Waals surface area contributed by atoms with Crippen molar-refractivity contribution in [3.05, 3.63) is 83.9 Å². The summed E-state index contributed by atoms with van der Waals surface area (Å²) in [6.45, 7) is 4.09. The summed E-state index contributed by atoms with van der Waals surface area (Å²) in [5.74, 6) is 1.58. The maximum absolute atomic E-state index is 12.8. The molecule has 4 rings (SSSR count). The molecule has 0 aliphatic rings. The number of carbonyl (C=O) groups is 1. The zero-order valence-corrected chi connectivity index (χ0v) is 19.7. The van der Waals surface area contributed by atoms with Crippen molar-refractivity contribution in [3.63, 3.8) is 0 Å². The third-order valence-corrected chi connectivity index (χ3v) is 6.24. The number of nitrogens with zero attached hydrogens (tertiary/aromatic N) is 3. The van der Waals surface area contributed by atoms with E-state index < -0.39 is 0 Å². The van der Waals surface area contributed by atoms with E-state index in [1.165, 1.54) is 11.8 Å². The van der Waals surface area contributed by atoms with Gasteiger partial charge in [0.25, 0.3) is 0 Å². The van der Waals surface area contributed by atoms with Gasteiger partial charge in [-0.05, 0) is 48.7 Å². The second-order valence-electron chi connectivity index (χ2n) is 7.51. The van der Waals surface area contributed by atoms with Crippen molar-refractivity contribution in [1.82, 2.24) is 14.8 Å². The molecule has 4 aromatic rings. The number of anilines is 1. The molecule has 1 heterocycles. The third kappa shape index (κ3) is 5.09. The fraction of sp³-hybridized carbons (Fsp3) is 0.192. The molecule has 1 aromatic heterocycles. The van der Waals surface area contributed by atoms with E-state index in [0.717, 1.165) is 40.2 Å². The summed E-state index contributed by atoms with van der Waals surface area (Å²) in [5, 5.41) is 12.6. The number of hydrogen-bond acceptors (Lipinski definition) is 5. The number of hydrogen-bond donors (Lipinski definition) is 1. The number of amides is 1. The Morgan fingerprint density at radius 3 is 2.58 bits per heavy atom. The molecule has 6 nitrogen and oxygen atoms in total. The van der Waals surface area contributed by atoms with E-state index in [1.54, 1.807) is 7.11 Å². The molecule has 168 valence electrons. The molecule has 0 bridgehead atoms. The number of thioether (sulfide) groups is 1. The van der Waals surface area contributed by atoms with Crippen molar-refractivity contribution in [2.75, 3.05) is 18.2 Å². The Morgan fingerprint density at radius 2 is 1.82 bits per heavy atom. The molecule has 0 radical (unpaired) electrons. The number of aromatic nitrogens is 3. The van der Waals surface area contributed by atoms with Crippen molar-refractivity contribution < 1.29 is 9.53 Å². The highest BCUT2D eigenvalue weighted by atomic mass is 32.2. The monoisotopic (exact) mass is 458 g/mol. The Morgan fingerprint density at radius 1 is 1.03 bits per heavy atom. The fourth-order valence-corrected chi connectivity index (χ4v) is 4.38. The molecule has 0 spiro atoms. The minimum Gasteiger partial charge on any atom is -0.497 e. The molecule has 0 saturated heterocycles. The Hall–Kier alpha value is -3.58. The zero-order valence-electron chi connectivity index (χ0n) is 18.9. The summed E-state index contributed by atoms with van der Waals surface area (Å²) >= 11 is 1.36. The summed E-state index contributed by atoms with van der Waals surface area (Å²) in [5.41, 5.74) is 4.89. The van der Waals surface area contributed by atoms with Crippen molar-refractivity contribution in [2.45, 2.75) is 25.4 Å². The summed E-state index contributed by atoms with van der Waals surface area (Å²) in [6, 6.07) is 23.7. The number of benzene rings is 3. The molecule has 1 amide bonds. The SMILES string of the molecule is CCc1cccc(C)c1NC(=O)CSc1nnc(-c2cccc(OC)c2)n1-c1ccccc1. The molecule has 1 N–H and O–H groups in total. The van der Waals surface area contributed by atoms with Gasteiger partial charge in [0.05, 0.1) is 12.9 Å². The van der Waals surface area contributed by atoms with Crippen LogP contribution in [0.4, 0.5) is 5.69 Å². The van der Waals surface area contributed by atoms with Gasteiger partial charge < -0.3 is 10.1 Å². The largest absolute Gasteiger partial charge is 0.497 e. The molecule has 0 unspecified atom stereocenters. The first kappa shape index (κ1) is 22.6. The fourth-order valence-electron chi connectivity index (χ4n) is 3.63. The minimum atomic E-state index is -0.0745. The molecule has 7 heteroatoms. The highest BCUT2D eigenvalue weighted by molar-refractivity contribution is 7.99. The second kappa shape index (κ2) is 10.4. The van der Waals surface area contributed by atoms with Crippen LogP contribution in [0.3, 0.4) is 0 Å². The van der Waals surface area contributed by atoms with E-state index in [-0.39, 0.29) is 11.7 Å². The number of ether oxygens (including phenoxy) is 1. The van der Waals surface area contributed by atoms with Crippen molar-refractivity contribution in [1.29, 1.82) is 0 Å². The van der Waals surface area contributed by atoms with Crippen LogP contribution in [0.5, 0.6) is 5.75 Å². The Kier molecular flexibility index (Phi) is 7.10. The molecule has 0 aliphatic carbocycles. The molecular weight excluding hydrogens is 432 g/mol. The van der Waals surface area contributed by atoms with Crippen LogP contribution in [0.15, 0.2) is 78.0 Å². The number of para-hydroxylation sites is 2. The highest BCUT2D eigenvalue weighted by Gasteiger charge is 2.18. The van der Waals surface area contributed by atoms with Crippen molar-refractivity contribution in [3.8, 4) is 22.8 Å². The van der Waals surface area contributed by atoms with Crippen LogP contribution < -0.4 is 10.1 Å². The van der Waals surface area contributed by atoms with Gasteiger partial charge in [-0.2, -0.15) is 0 Å². The van der Waals surface area contributed by atoms with Crippen LogP contribution in [0.1, 0.15) is 18.1 Å². The van der Waals surface area contributed by atoms with Gasteiger partial charge in [-0.15, -0.1) is 10.2 Å². The van der Waals surface area contributed by atoms with Crippen LogP contribution in [0.25, 0.3) is 17.1 Å². The van der Waals surface area contributed by atoms with Crippen LogP contribution >= 0.6 is 11.8 Å². The van der Waals surface area contributed by atoms with Gasteiger partial charge in [0.1, 0.15) is 5.75 Å². The van der Waals surface area contributed by atoms with E-state index in [4.69, 9.17) is 4.74 Å². The minimum absolute atomic E-state index is 0.0745. The average Bonchev–Trinajstić information content (AvgIpc) is 3.28. The van der Waals surface area contributed by atoms with Gasteiger partial charge in [0, 0.05) is 16.9 Å². The smallest absolute Gasteiger partial charge is 0.234 e. The normalized spacial score (nSPS) is 10.8. The average molecular weight is 459 g/mol. The van der Waals surface area contributed by atoms with Gasteiger partial charge in [0.2, 0.25) is 5.91 Å². The maximum atomic E-state index is 12.8. The van der Waals surface area contributed by atoms with E-state index >= 15 is 0 Å². The summed E-state index contributed by atoms with van der Waals surface area (Å²) in [7, 11) is 1.64. The third-order valence-electron chi connectivity index (χ3n) is 5.31. The van der Waals surface area contributed by atoms with E-state index in [0.29, 0.717) is 11.0 Å².